The molecule has 0 fully saturated rings. The molecule has 0 radical (unpaired) electrons. The van der Waals surface area contributed by atoms with Crippen LogP contribution in [0.2, 0.25) is 0 Å². The third-order valence-corrected chi connectivity index (χ3v) is 8.44. The first-order chi connectivity index (χ1) is 14.8. The van der Waals surface area contributed by atoms with E-state index in [0.29, 0.717) is 17.3 Å². The molecule has 8 heteroatoms. The van der Waals surface area contributed by atoms with E-state index in [-0.39, 0.29) is 0 Å². The van der Waals surface area contributed by atoms with E-state index in [1.54, 1.807) is 12.1 Å². The van der Waals surface area contributed by atoms with E-state index in [1.165, 1.54) is 5.56 Å². The first-order valence-corrected chi connectivity index (χ1v) is 13.6. The van der Waals surface area contributed by atoms with Crippen molar-refractivity contribution in [2.45, 2.75) is 42.9 Å². The van der Waals surface area contributed by atoms with Gasteiger partial charge in [0.1, 0.15) is 0 Å². The van der Waals surface area contributed by atoms with Crippen molar-refractivity contribution in [3.63, 3.8) is 0 Å². The molecule has 0 amide bonds. The molecule has 31 heavy (non-hydrogen) atoms. The number of nitrogens with zero attached hydrogens (tertiary/aromatic N) is 2. The van der Waals surface area contributed by atoms with Crippen LogP contribution in [0.4, 0.5) is 5.69 Å². The molecule has 0 aliphatic carbocycles. The molecule has 2 aromatic rings. The minimum absolute atomic E-state index is 0.308. The third kappa shape index (κ3) is 6.38. The summed E-state index contributed by atoms with van der Waals surface area (Å²) >= 11 is 0. The number of fused-ring (bicyclic) bond motifs is 1. The zero-order valence-corrected chi connectivity index (χ0v) is 20.3. The standard InChI is InChI=1S/C23H33N3O3S2/c1-4-14-26(15-5-13-24-31(28,29)21-9-6-19(2)7-10-21)16-12-20-8-11-22-23(17-20)30(27)18-25(22)3/h6-11,17,24H,4-5,12-16,18H2,1-3H3. The van der Waals surface area contributed by atoms with Gasteiger partial charge in [0, 0.05) is 20.1 Å². The van der Waals surface area contributed by atoms with Crippen LogP contribution in [0.5, 0.6) is 0 Å². The minimum atomic E-state index is -3.46. The molecule has 0 saturated heterocycles. The quantitative estimate of drug-likeness (QED) is 0.519. The van der Waals surface area contributed by atoms with E-state index >= 15 is 0 Å². The number of anilines is 1. The van der Waals surface area contributed by atoms with Crippen molar-refractivity contribution in [1.82, 2.24) is 9.62 Å². The van der Waals surface area contributed by atoms with Gasteiger partial charge >= 0.3 is 0 Å². The minimum Gasteiger partial charge on any atom is -0.361 e. The Hall–Kier alpha value is -1.74. The van der Waals surface area contributed by atoms with Crippen LogP contribution >= 0.6 is 0 Å². The predicted octanol–water partition coefficient (Wildman–Crippen LogP) is 3.13. The van der Waals surface area contributed by atoms with Crippen molar-refractivity contribution >= 4 is 26.5 Å². The largest absolute Gasteiger partial charge is 0.361 e. The van der Waals surface area contributed by atoms with Gasteiger partial charge < -0.3 is 9.80 Å². The smallest absolute Gasteiger partial charge is 0.240 e. The monoisotopic (exact) mass is 463 g/mol. The highest BCUT2D eigenvalue weighted by atomic mass is 32.2. The van der Waals surface area contributed by atoms with Crippen LogP contribution in [0.1, 0.15) is 30.9 Å². The Balaban J connectivity index is 1.48. The van der Waals surface area contributed by atoms with Crippen molar-refractivity contribution in [2.24, 2.45) is 0 Å². The molecule has 1 atom stereocenters. The van der Waals surface area contributed by atoms with Crippen molar-refractivity contribution in [3.8, 4) is 0 Å². The zero-order valence-electron chi connectivity index (χ0n) is 18.6. The Morgan fingerprint density at radius 3 is 2.55 bits per heavy atom. The van der Waals surface area contributed by atoms with Gasteiger partial charge in [0.2, 0.25) is 10.0 Å². The van der Waals surface area contributed by atoms with Gasteiger partial charge in [0.25, 0.3) is 0 Å². The number of hydrogen-bond donors (Lipinski definition) is 1. The number of sulfonamides is 1. The molecule has 1 unspecified atom stereocenters. The third-order valence-electron chi connectivity index (χ3n) is 5.52. The molecule has 0 aromatic heterocycles. The second-order valence-corrected chi connectivity index (χ2v) is 11.3. The molecule has 0 bridgehead atoms. The van der Waals surface area contributed by atoms with Crippen LogP contribution in [-0.2, 0) is 27.2 Å². The Labute approximate surface area is 189 Å². The summed E-state index contributed by atoms with van der Waals surface area (Å²) in [5, 5.41) is 0. The molecule has 170 valence electrons. The van der Waals surface area contributed by atoms with E-state index in [1.807, 2.05) is 31.0 Å². The van der Waals surface area contributed by atoms with Gasteiger partial charge in [0.05, 0.1) is 32.2 Å². The molecule has 1 aliphatic rings. The zero-order chi connectivity index (χ0) is 22.4. The maximum absolute atomic E-state index is 12.4. The van der Waals surface area contributed by atoms with E-state index in [0.717, 1.165) is 55.0 Å². The Morgan fingerprint density at radius 1 is 1.10 bits per heavy atom. The summed E-state index contributed by atoms with van der Waals surface area (Å²) < 4.78 is 39.8. The molecule has 1 aliphatic heterocycles. The lowest BCUT2D eigenvalue weighted by Gasteiger charge is -2.22. The fraction of sp³-hybridized carbons (Fsp3) is 0.478. The van der Waals surface area contributed by atoms with Gasteiger partial charge in [-0.05, 0) is 69.1 Å². The number of nitrogens with one attached hydrogen (secondary N) is 1. The van der Waals surface area contributed by atoms with Gasteiger partial charge in [-0.2, -0.15) is 0 Å². The van der Waals surface area contributed by atoms with Gasteiger partial charge in [-0.3, -0.25) is 4.21 Å². The Morgan fingerprint density at radius 2 is 1.84 bits per heavy atom. The molecular weight excluding hydrogens is 430 g/mol. The summed E-state index contributed by atoms with van der Waals surface area (Å²) in [6.07, 6.45) is 2.70. The first kappa shape index (κ1) is 23.9. The summed E-state index contributed by atoms with van der Waals surface area (Å²) in [6, 6.07) is 13.2. The summed E-state index contributed by atoms with van der Waals surface area (Å²) in [7, 11) is -2.43. The topological polar surface area (TPSA) is 69.7 Å². The highest BCUT2D eigenvalue weighted by Gasteiger charge is 2.22. The lowest BCUT2D eigenvalue weighted by atomic mass is 10.1. The average molecular weight is 464 g/mol. The Kier molecular flexibility index (Phi) is 8.27. The molecule has 0 spiro atoms. The molecule has 6 nitrogen and oxygen atoms in total. The average Bonchev–Trinajstić information content (AvgIpc) is 3.02. The van der Waals surface area contributed by atoms with E-state index in [9.17, 15) is 12.6 Å². The fourth-order valence-corrected chi connectivity index (χ4v) is 6.22. The van der Waals surface area contributed by atoms with Crippen molar-refractivity contribution < 1.29 is 12.6 Å². The van der Waals surface area contributed by atoms with Crippen LogP contribution in [-0.4, -0.2) is 56.6 Å². The number of hydrogen-bond acceptors (Lipinski definition) is 5. The van der Waals surface area contributed by atoms with Crippen LogP contribution in [0.15, 0.2) is 52.3 Å². The van der Waals surface area contributed by atoms with Crippen molar-refractivity contribution in [3.05, 3.63) is 53.6 Å². The maximum Gasteiger partial charge on any atom is 0.240 e. The highest BCUT2D eigenvalue weighted by molar-refractivity contribution is 7.89. The lowest BCUT2D eigenvalue weighted by Crippen LogP contribution is -2.32. The number of aryl methyl sites for hydroxylation is 1. The summed E-state index contributed by atoms with van der Waals surface area (Å²) in [6.45, 7) is 7.23. The predicted molar refractivity (Wildman–Crippen MR) is 128 cm³/mol. The van der Waals surface area contributed by atoms with Gasteiger partial charge in [-0.15, -0.1) is 0 Å². The molecule has 1 heterocycles. The van der Waals surface area contributed by atoms with Crippen LogP contribution in [0, 0.1) is 6.92 Å². The van der Waals surface area contributed by atoms with E-state index in [4.69, 9.17) is 0 Å². The SMILES string of the molecule is CCCN(CCCNS(=O)(=O)c1ccc(C)cc1)CCc1ccc2c(c1)S(=O)CN2C. The second-order valence-electron chi connectivity index (χ2n) is 8.13. The van der Waals surface area contributed by atoms with Gasteiger partial charge in [-0.25, -0.2) is 13.1 Å². The van der Waals surface area contributed by atoms with Crippen LogP contribution < -0.4 is 9.62 Å². The molecule has 1 N–H and O–H groups in total. The van der Waals surface area contributed by atoms with Crippen molar-refractivity contribution in [2.75, 3.05) is 44.0 Å². The fourth-order valence-electron chi connectivity index (χ4n) is 3.78. The van der Waals surface area contributed by atoms with E-state index < -0.39 is 20.8 Å². The highest BCUT2D eigenvalue weighted by Crippen LogP contribution is 2.31. The lowest BCUT2D eigenvalue weighted by molar-refractivity contribution is 0.274. The second kappa shape index (κ2) is 10.7. The molecule has 3 rings (SSSR count). The number of rotatable bonds is 11. The first-order valence-electron chi connectivity index (χ1n) is 10.8. The van der Waals surface area contributed by atoms with Crippen LogP contribution in [0.3, 0.4) is 0 Å². The summed E-state index contributed by atoms with van der Waals surface area (Å²) in [5.74, 6) is 0.569. The summed E-state index contributed by atoms with van der Waals surface area (Å²) in [4.78, 5) is 5.66. The van der Waals surface area contributed by atoms with Crippen LogP contribution in [0.25, 0.3) is 0 Å². The van der Waals surface area contributed by atoms with Gasteiger partial charge in [0.15, 0.2) is 0 Å². The maximum atomic E-state index is 12.4. The normalized spacial score (nSPS) is 16.1. The van der Waals surface area contributed by atoms with E-state index in [2.05, 4.69) is 34.7 Å². The van der Waals surface area contributed by atoms with Gasteiger partial charge in [-0.1, -0.05) is 30.7 Å². The van der Waals surface area contributed by atoms with Crippen molar-refractivity contribution in [1.29, 1.82) is 0 Å². The Bertz CT molecular complexity index is 1010. The molecule has 0 saturated carbocycles. The molecule has 2 aromatic carbocycles. The molecular formula is C23H33N3O3S2. The summed E-state index contributed by atoms with van der Waals surface area (Å²) in [5.41, 5.74) is 3.30. The number of benzene rings is 2.